The van der Waals surface area contributed by atoms with Crippen molar-refractivity contribution in [3.63, 3.8) is 0 Å². The van der Waals surface area contributed by atoms with Gasteiger partial charge < -0.3 is 10.1 Å². The lowest BCUT2D eigenvalue weighted by Crippen LogP contribution is -2.09. The van der Waals surface area contributed by atoms with Gasteiger partial charge in [0.05, 0.1) is 17.3 Å². The second kappa shape index (κ2) is 3.47. The van der Waals surface area contributed by atoms with Gasteiger partial charge in [0, 0.05) is 17.1 Å². The van der Waals surface area contributed by atoms with E-state index in [2.05, 4.69) is 9.97 Å². The van der Waals surface area contributed by atoms with Gasteiger partial charge in [-0.05, 0) is 26.0 Å². The number of pyridine rings is 2. The van der Waals surface area contributed by atoms with Gasteiger partial charge in [0.25, 0.3) is 5.56 Å². The molecule has 0 saturated carbocycles. The molecule has 0 amide bonds. The maximum atomic E-state index is 11.4. The van der Waals surface area contributed by atoms with Crippen LogP contribution in [0.4, 0.5) is 0 Å². The first-order valence-corrected chi connectivity index (χ1v) is 4.75. The number of fused-ring (bicyclic) bond motifs is 1. The number of nitrogens with one attached hydrogen (secondary N) is 1. The lowest BCUT2D eigenvalue weighted by atomic mass is 10.1. The zero-order valence-electron chi connectivity index (χ0n) is 8.61. The quantitative estimate of drug-likeness (QED) is 0.735. The second-order valence-electron chi connectivity index (χ2n) is 3.65. The molecule has 4 heteroatoms. The number of aliphatic hydroxyl groups excluding tert-OH is 1. The highest BCUT2D eigenvalue weighted by molar-refractivity contribution is 5.78. The Kier molecular flexibility index (Phi) is 2.28. The predicted octanol–water partition coefficient (Wildman–Crippen LogP) is 1.28. The lowest BCUT2D eigenvalue weighted by molar-refractivity contribution is 0.194. The van der Waals surface area contributed by atoms with Gasteiger partial charge in [0.1, 0.15) is 0 Å². The summed E-state index contributed by atoms with van der Waals surface area (Å²) in [5.41, 5.74) is 1.82. The predicted molar refractivity (Wildman–Crippen MR) is 57.7 cm³/mol. The molecule has 4 nitrogen and oxygen atoms in total. The van der Waals surface area contributed by atoms with E-state index in [4.69, 9.17) is 0 Å². The van der Waals surface area contributed by atoms with Gasteiger partial charge in [-0.15, -0.1) is 0 Å². The normalized spacial score (nSPS) is 13.0. The third kappa shape index (κ3) is 1.76. The molecule has 1 unspecified atom stereocenters. The summed E-state index contributed by atoms with van der Waals surface area (Å²) >= 11 is 0. The first-order chi connectivity index (χ1) is 7.08. The molecule has 0 radical (unpaired) electrons. The van der Waals surface area contributed by atoms with Crippen LogP contribution in [0.5, 0.6) is 0 Å². The first kappa shape index (κ1) is 9.86. The van der Waals surface area contributed by atoms with Crippen molar-refractivity contribution in [1.82, 2.24) is 9.97 Å². The molecule has 0 bridgehead atoms. The van der Waals surface area contributed by atoms with Gasteiger partial charge >= 0.3 is 0 Å². The van der Waals surface area contributed by atoms with Crippen LogP contribution in [0.2, 0.25) is 0 Å². The number of aromatic nitrogens is 2. The molecular weight excluding hydrogens is 192 g/mol. The molecule has 15 heavy (non-hydrogen) atoms. The molecule has 2 rings (SSSR count). The van der Waals surface area contributed by atoms with E-state index >= 15 is 0 Å². The minimum Gasteiger partial charge on any atom is -0.387 e. The smallest absolute Gasteiger partial charge is 0.251 e. The molecule has 2 aromatic rings. The Morgan fingerprint density at radius 1 is 1.47 bits per heavy atom. The minimum absolute atomic E-state index is 0.106. The van der Waals surface area contributed by atoms with Crippen LogP contribution in [-0.4, -0.2) is 15.1 Å². The lowest BCUT2D eigenvalue weighted by Gasteiger charge is -2.05. The van der Waals surface area contributed by atoms with Crippen LogP contribution in [-0.2, 0) is 0 Å². The molecular formula is C11H12N2O2. The summed E-state index contributed by atoms with van der Waals surface area (Å²) in [6, 6.07) is 3.48. The van der Waals surface area contributed by atoms with E-state index in [9.17, 15) is 9.90 Å². The Balaban J connectivity index is 2.72. The number of hydrogen-bond acceptors (Lipinski definition) is 3. The van der Waals surface area contributed by atoms with Crippen molar-refractivity contribution in [2.24, 2.45) is 0 Å². The van der Waals surface area contributed by atoms with Gasteiger partial charge in [-0.3, -0.25) is 9.78 Å². The van der Waals surface area contributed by atoms with Crippen LogP contribution in [0.1, 0.15) is 24.3 Å². The van der Waals surface area contributed by atoms with Crippen molar-refractivity contribution >= 4 is 10.9 Å². The standard InChI is InChI=1S/C11H12N2O2/c1-6-3-8-5-12-9(7(2)14)4-10(8)13-11(6)15/h3-5,7,14H,1-2H3,(H,13,15). The summed E-state index contributed by atoms with van der Waals surface area (Å²) in [6.07, 6.45) is 1.03. The minimum atomic E-state index is -0.626. The fourth-order valence-electron chi connectivity index (χ4n) is 1.45. The highest BCUT2D eigenvalue weighted by atomic mass is 16.3. The number of rotatable bonds is 1. The Bertz CT molecular complexity index is 558. The maximum absolute atomic E-state index is 11.4. The van der Waals surface area contributed by atoms with Crippen LogP contribution < -0.4 is 5.56 Å². The fourth-order valence-corrected chi connectivity index (χ4v) is 1.45. The highest BCUT2D eigenvalue weighted by Gasteiger charge is 2.05. The van der Waals surface area contributed by atoms with Crippen LogP contribution in [0.15, 0.2) is 23.1 Å². The summed E-state index contributed by atoms with van der Waals surface area (Å²) in [6.45, 7) is 3.39. The molecule has 0 aliphatic rings. The zero-order valence-corrected chi connectivity index (χ0v) is 8.61. The van der Waals surface area contributed by atoms with Crippen molar-refractivity contribution in [2.45, 2.75) is 20.0 Å². The molecule has 0 spiro atoms. The molecule has 78 valence electrons. The average molecular weight is 204 g/mol. The van der Waals surface area contributed by atoms with Crippen molar-refractivity contribution in [1.29, 1.82) is 0 Å². The van der Waals surface area contributed by atoms with Gasteiger partial charge in [0.2, 0.25) is 0 Å². The van der Waals surface area contributed by atoms with E-state index in [0.717, 1.165) is 5.39 Å². The number of H-pyrrole nitrogens is 1. The summed E-state index contributed by atoms with van der Waals surface area (Å²) in [5.74, 6) is 0. The summed E-state index contributed by atoms with van der Waals surface area (Å²) < 4.78 is 0. The monoisotopic (exact) mass is 204 g/mol. The fraction of sp³-hybridized carbons (Fsp3) is 0.273. The molecule has 0 aliphatic carbocycles. The van der Waals surface area contributed by atoms with Crippen molar-refractivity contribution in [2.75, 3.05) is 0 Å². The molecule has 1 atom stereocenters. The molecule has 2 N–H and O–H groups in total. The van der Waals surface area contributed by atoms with Crippen molar-refractivity contribution < 1.29 is 5.11 Å². The number of aromatic amines is 1. The van der Waals surface area contributed by atoms with E-state index in [-0.39, 0.29) is 5.56 Å². The Labute approximate surface area is 86.6 Å². The topological polar surface area (TPSA) is 66.0 Å². The van der Waals surface area contributed by atoms with E-state index in [1.165, 1.54) is 0 Å². The SMILES string of the molecule is Cc1cc2cnc(C(C)O)cc2[nH]c1=O. The van der Waals surface area contributed by atoms with Crippen LogP contribution in [0.3, 0.4) is 0 Å². The van der Waals surface area contributed by atoms with Crippen molar-refractivity contribution in [3.8, 4) is 0 Å². The van der Waals surface area contributed by atoms with Gasteiger partial charge in [0.15, 0.2) is 0 Å². The van der Waals surface area contributed by atoms with Crippen LogP contribution >= 0.6 is 0 Å². The third-order valence-corrected chi connectivity index (χ3v) is 2.36. The van der Waals surface area contributed by atoms with E-state index in [0.29, 0.717) is 16.8 Å². The Morgan fingerprint density at radius 3 is 2.87 bits per heavy atom. The molecule has 2 aromatic heterocycles. The van der Waals surface area contributed by atoms with Crippen molar-refractivity contribution in [3.05, 3.63) is 39.9 Å². The Hall–Kier alpha value is -1.68. The summed E-state index contributed by atoms with van der Waals surface area (Å²) in [7, 11) is 0. The largest absolute Gasteiger partial charge is 0.387 e. The first-order valence-electron chi connectivity index (χ1n) is 4.75. The summed E-state index contributed by atoms with van der Waals surface area (Å²) in [4.78, 5) is 18.2. The number of nitrogens with zero attached hydrogens (tertiary/aromatic N) is 1. The van der Waals surface area contributed by atoms with E-state index in [1.807, 2.05) is 0 Å². The highest BCUT2D eigenvalue weighted by Crippen LogP contribution is 2.15. The van der Waals surface area contributed by atoms with E-state index in [1.54, 1.807) is 32.2 Å². The van der Waals surface area contributed by atoms with Crippen LogP contribution in [0, 0.1) is 6.92 Å². The van der Waals surface area contributed by atoms with Gasteiger partial charge in [-0.25, -0.2) is 0 Å². The average Bonchev–Trinajstić information content (AvgIpc) is 2.19. The van der Waals surface area contributed by atoms with Gasteiger partial charge in [-0.2, -0.15) is 0 Å². The zero-order chi connectivity index (χ0) is 11.0. The van der Waals surface area contributed by atoms with Crippen LogP contribution in [0.25, 0.3) is 10.9 Å². The summed E-state index contributed by atoms with van der Waals surface area (Å²) in [5, 5.41) is 10.2. The molecule has 0 fully saturated rings. The maximum Gasteiger partial charge on any atom is 0.251 e. The molecule has 0 aromatic carbocycles. The van der Waals surface area contributed by atoms with Gasteiger partial charge in [-0.1, -0.05) is 0 Å². The molecule has 0 aliphatic heterocycles. The third-order valence-electron chi connectivity index (χ3n) is 2.36. The Morgan fingerprint density at radius 2 is 2.20 bits per heavy atom. The molecule has 2 heterocycles. The second-order valence-corrected chi connectivity index (χ2v) is 3.65. The molecule has 0 saturated heterocycles. The number of hydrogen-bond donors (Lipinski definition) is 2. The number of aryl methyl sites for hydroxylation is 1. The number of aliphatic hydroxyl groups is 1. The van der Waals surface area contributed by atoms with E-state index < -0.39 is 6.10 Å².